The molecule has 2 saturated carbocycles. The Hall–Kier alpha value is -1.84. The molecule has 1 aromatic heterocycles. The molecule has 0 saturated heterocycles. The van der Waals surface area contributed by atoms with Gasteiger partial charge in [-0.15, -0.1) is 11.3 Å². The van der Waals surface area contributed by atoms with E-state index >= 15 is 0 Å². The van der Waals surface area contributed by atoms with Crippen molar-refractivity contribution in [1.82, 2.24) is 0 Å². The average Bonchev–Trinajstić information content (AvgIpc) is 3.10. The third kappa shape index (κ3) is 5.70. The minimum atomic E-state index is -1.05. The summed E-state index contributed by atoms with van der Waals surface area (Å²) >= 11 is 1.11. The molecule has 1 amide bonds. The summed E-state index contributed by atoms with van der Waals surface area (Å²) < 4.78 is 0. The summed E-state index contributed by atoms with van der Waals surface area (Å²) in [5, 5.41) is 22.6. The number of carbonyl (C=O) groups excluding carboxylic acids is 1. The molecule has 0 aromatic carbocycles. The van der Waals surface area contributed by atoms with Crippen molar-refractivity contribution in [2.24, 2.45) is 22.7 Å². The molecule has 0 aliphatic heterocycles. The first-order valence-corrected chi connectivity index (χ1v) is 12.2. The summed E-state index contributed by atoms with van der Waals surface area (Å²) in [5.74, 6) is 5.93. The molecule has 1 heterocycles. The number of carbonyl (C=O) groups is 2. The number of rotatable bonds is 4. The number of amides is 1. The molecule has 3 rings (SSSR count). The first-order valence-electron chi connectivity index (χ1n) is 11.4. The molecule has 0 radical (unpaired) electrons. The zero-order valence-corrected chi connectivity index (χ0v) is 19.9. The molecule has 5 nitrogen and oxygen atoms in total. The molecule has 2 aliphatic carbocycles. The largest absolute Gasteiger partial charge is 0.477 e. The molecular formula is C25H35NO4S. The number of hydrogen-bond donors (Lipinski definition) is 3. The Labute approximate surface area is 189 Å². The lowest BCUT2D eigenvalue weighted by atomic mass is 9.59. The lowest BCUT2D eigenvalue weighted by Crippen LogP contribution is -2.46. The second-order valence-corrected chi connectivity index (χ2v) is 11.5. The Morgan fingerprint density at radius 2 is 1.74 bits per heavy atom. The van der Waals surface area contributed by atoms with Gasteiger partial charge in [0.2, 0.25) is 5.91 Å². The van der Waals surface area contributed by atoms with E-state index in [0.29, 0.717) is 16.5 Å². The fourth-order valence-corrected chi connectivity index (χ4v) is 5.73. The van der Waals surface area contributed by atoms with Crippen molar-refractivity contribution in [2.45, 2.75) is 85.2 Å². The third-order valence-electron chi connectivity index (χ3n) is 6.83. The maximum absolute atomic E-state index is 13.7. The smallest absolute Gasteiger partial charge is 0.348 e. The highest BCUT2D eigenvalue weighted by Crippen LogP contribution is 2.50. The Kier molecular flexibility index (Phi) is 7.18. The summed E-state index contributed by atoms with van der Waals surface area (Å²) in [7, 11) is 0. The van der Waals surface area contributed by atoms with Crippen LogP contribution < -0.4 is 5.32 Å². The van der Waals surface area contributed by atoms with Crippen LogP contribution in [0.2, 0.25) is 0 Å². The molecule has 6 heteroatoms. The second-order valence-electron chi connectivity index (χ2n) is 10.5. The summed E-state index contributed by atoms with van der Waals surface area (Å²) in [6.45, 7) is 8.24. The van der Waals surface area contributed by atoms with Crippen LogP contribution in [-0.4, -0.2) is 28.2 Å². The monoisotopic (exact) mass is 445 g/mol. The zero-order valence-electron chi connectivity index (χ0n) is 19.1. The Balaban J connectivity index is 1.88. The number of aliphatic hydroxyl groups excluding tert-OH is 1. The van der Waals surface area contributed by atoms with Gasteiger partial charge in [-0.2, -0.15) is 0 Å². The molecule has 2 aliphatic rings. The Bertz CT molecular complexity index is 870. The van der Waals surface area contributed by atoms with E-state index in [0.717, 1.165) is 62.7 Å². The van der Waals surface area contributed by atoms with Crippen LogP contribution in [0.25, 0.3) is 0 Å². The van der Waals surface area contributed by atoms with E-state index in [2.05, 4.69) is 24.1 Å². The van der Waals surface area contributed by atoms with Crippen LogP contribution >= 0.6 is 11.3 Å². The van der Waals surface area contributed by atoms with Crippen LogP contribution in [0.3, 0.4) is 0 Å². The summed E-state index contributed by atoms with van der Waals surface area (Å²) in [6, 6.07) is 1.70. The summed E-state index contributed by atoms with van der Waals surface area (Å²) in [5.41, 5.74) is -0.318. The third-order valence-corrected chi connectivity index (χ3v) is 7.87. The molecule has 170 valence electrons. The summed E-state index contributed by atoms with van der Waals surface area (Å²) in [4.78, 5) is 26.3. The first kappa shape index (κ1) is 23.8. The van der Waals surface area contributed by atoms with E-state index in [-0.39, 0.29) is 28.2 Å². The van der Waals surface area contributed by atoms with E-state index in [4.69, 9.17) is 0 Å². The van der Waals surface area contributed by atoms with Gasteiger partial charge < -0.3 is 15.5 Å². The van der Waals surface area contributed by atoms with Crippen molar-refractivity contribution in [3.8, 4) is 11.8 Å². The molecule has 0 unspecified atom stereocenters. The molecule has 0 spiro atoms. The number of anilines is 1. The molecule has 0 atom stereocenters. The number of nitrogens with one attached hydrogen (secondary N) is 1. The predicted molar refractivity (Wildman–Crippen MR) is 124 cm³/mol. The van der Waals surface area contributed by atoms with E-state index in [1.54, 1.807) is 6.07 Å². The van der Waals surface area contributed by atoms with Crippen LogP contribution in [0.15, 0.2) is 6.07 Å². The van der Waals surface area contributed by atoms with Crippen LogP contribution in [0.5, 0.6) is 0 Å². The molecule has 31 heavy (non-hydrogen) atoms. The van der Waals surface area contributed by atoms with Gasteiger partial charge in [-0.05, 0) is 90.0 Å². The predicted octanol–water partition coefficient (Wildman–Crippen LogP) is 5.53. The van der Waals surface area contributed by atoms with Crippen LogP contribution in [0.1, 0.15) is 93.6 Å². The first-order chi connectivity index (χ1) is 14.5. The van der Waals surface area contributed by atoms with Gasteiger partial charge in [0, 0.05) is 5.41 Å². The van der Waals surface area contributed by atoms with Crippen LogP contribution in [0, 0.1) is 34.5 Å². The number of carboxylic acids is 1. The lowest BCUT2D eigenvalue weighted by Gasteiger charge is -2.46. The highest BCUT2D eigenvalue weighted by atomic mass is 32.1. The van der Waals surface area contributed by atoms with Crippen LogP contribution in [-0.2, 0) is 4.79 Å². The SMILES string of the molecule is CC1CCC(C(=O)Nc2cc(C#CC(C)(C)C)sc2C(=O)O)(C2CCC(O)CC2)CC1. The van der Waals surface area contributed by atoms with E-state index in [9.17, 15) is 19.8 Å². The number of hydrogen-bond acceptors (Lipinski definition) is 4. The van der Waals surface area contributed by atoms with Gasteiger partial charge in [0.05, 0.1) is 22.1 Å². The van der Waals surface area contributed by atoms with Gasteiger partial charge in [-0.25, -0.2) is 4.79 Å². The minimum absolute atomic E-state index is 0.0589. The van der Waals surface area contributed by atoms with E-state index < -0.39 is 11.4 Å². The quantitative estimate of drug-likeness (QED) is 0.532. The molecule has 2 fully saturated rings. The molecule has 3 N–H and O–H groups in total. The van der Waals surface area contributed by atoms with E-state index in [1.807, 2.05) is 20.8 Å². The number of thiophene rings is 1. The van der Waals surface area contributed by atoms with Crippen molar-refractivity contribution in [1.29, 1.82) is 0 Å². The zero-order chi connectivity index (χ0) is 22.8. The Morgan fingerprint density at radius 3 is 2.29 bits per heavy atom. The Morgan fingerprint density at radius 1 is 1.13 bits per heavy atom. The van der Waals surface area contributed by atoms with Gasteiger partial charge in [0.1, 0.15) is 4.88 Å². The van der Waals surface area contributed by atoms with Crippen LogP contribution in [0.4, 0.5) is 5.69 Å². The van der Waals surface area contributed by atoms with E-state index in [1.165, 1.54) is 0 Å². The van der Waals surface area contributed by atoms with Crippen molar-refractivity contribution < 1.29 is 19.8 Å². The molecule has 0 bridgehead atoms. The fraction of sp³-hybridized carbons (Fsp3) is 0.680. The van der Waals surface area contributed by atoms with Gasteiger partial charge in [0.15, 0.2) is 0 Å². The molecule has 1 aromatic rings. The van der Waals surface area contributed by atoms with Gasteiger partial charge in [-0.1, -0.05) is 18.8 Å². The maximum atomic E-state index is 13.7. The second kappa shape index (κ2) is 9.34. The number of aliphatic hydroxyl groups is 1. The average molecular weight is 446 g/mol. The normalized spacial score (nSPS) is 29.0. The van der Waals surface area contributed by atoms with Crippen molar-refractivity contribution in [3.63, 3.8) is 0 Å². The fourth-order valence-electron chi connectivity index (χ4n) is 4.93. The van der Waals surface area contributed by atoms with Gasteiger partial charge in [-0.3, -0.25) is 4.79 Å². The van der Waals surface area contributed by atoms with Crippen molar-refractivity contribution in [2.75, 3.05) is 5.32 Å². The lowest BCUT2D eigenvalue weighted by molar-refractivity contribution is -0.133. The highest BCUT2D eigenvalue weighted by molar-refractivity contribution is 7.15. The maximum Gasteiger partial charge on any atom is 0.348 e. The van der Waals surface area contributed by atoms with Gasteiger partial charge in [0.25, 0.3) is 0 Å². The van der Waals surface area contributed by atoms with Gasteiger partial charge >= 0.3 is 5.97 Å². The topological polar surface area (TPSA) is 86.6 Å². The van der Waals surface area contributed by atoms with Crippen molar-refractivity contribution >= 4 is 28.9 Å². The standard InChI is InChI=1S/C25H35NO4S/c1-16-9-13-25(14-10-16,17-5-7-18(27)8-6-17)23(30)26-20-15-19(11-12-24(2,3)4)31-21(20)22(28)29/h15-18,27H,5-10,13-14H2,1-4H3,(H,26,30)(H,28,29). The summed E-state index contributed by atoms with van der Waals surface area (Å²) in [6.07, 6.45) is 6.56. The number of aromatic carboxylic acids is 1. The number of carboxylic acid groups (broad SMARTS) is 1. The highest BCUT2D eigenvalue weighted by Gasteiger charge is 2.48. The minimum Gasteiger partial charge on any atom is -0.477 e. The van der Waals surface area contributed by atoms with Crippen molar-refractivity contribution in [3.05, 3.63) is 15.8 Å². The molecular weight excluding hydrogens is 410 g/mol.